The van der Waals surface area contributed by atoms with Gasteiger partial charge < -0.3 is 21.1 Å². The molecule has 20 heavy (non-hydrogen) atoms. The Morgan fingerprint density at radius 2 is 2.10 bits per heavy atom. The molecule has 5 N–H and O–H groups in total. The molecule has 1 heterocycles. The molecule has 0 aliphatic rings. The van der Waals surface area contributed by atoms with Crippen LogP contribution in [0, 0.1) is 5.92 Å². The van der Waals surface area contributed by atoms with Crippen molar-refractivity contribution in [3.63, 3.8) is 0 Å². The number of nitrogens with zero attached hydrogens (tertiary/aromatic N) is 1. The number of hydrogen-bond donors (Lipinski definition) is 4. The van der Waals surface area contributed by atoms with Crippen molar-refractivity contribution in [3.05, 3.63) is 18.2 Å². The van der Waals surface area contributed by atoms with Crippen molar-refractivity contribution < 1.29 is 24.3 Å². The fraction of sp³-hybridized carbons (Fsp3) is 0.364. The molecule has 9 heteroatoms. The lowest BCUT2D eigenvalue weighted by molar-refractivity contribution is -0.144. The number of carbonyl (C=O) groups is 4. The number of hydrogen-bond acceptors (Lipinski definition) is 5. The summed E-state index contributed by atoms with van der Waals surface area (Å²) in [6, 6.07) is -1.07. The zero-order valence-corrected chi connectivity index (χ0v) is 10.6. The molecule has 0 spiro atoms. The van der Waals surface area contributed by atoms with E-state index in [1.54, 1.807) is 0 Å². The van der Waals surface area contributed by atoms with Crippen LogP contribution in [0.5, 0.6) is 0 Å². The summed E-state index contributed by atoms with van der Waals surface area (Å²) in [7, 11) is 0. The highest BCUT2D eigenvalue weighted by atomic mass is 16.4. The van der Waals surface area contributed by atoms with Crippen LogP contribution in [0.1, 0.15) is 24.0 Å². The number of nitrogens with two attached hydrogens (primary N) is 1. The number of carboxylic acids is 1. The van der Waals surface area contributed by atoms with Gasteiger partial charge >= 0.3 is 5.97 Å². The molecule has 9 nitrogen and oxygen atoms in total. The van der Waals surface area contributed by atoms with Gasteiger partial charge in [-0.05, 0) is 6.92 Å². The number of imidazole rings is 1. The molecule has 108 valence electrons. The topological polar surface area (TPSA) is 155 Å². The Balaban J connectivity index is 2.71. The first kappa shape index (κ1) is 15.3. The third kappa shape index (κ3) is 3.90. The summed E-state index contributed by atoms with van der Waals surface area (Å²) in [6.45, 7) is 1.33. The van der Waals surface area contributed by atoms with Gasteiger partial charge in [0.15, 0.2) is 11.6 Å². The van der Waals surface area contributed by atoms with E-state index in [-0.39, 0.29) is 5.82 Å². The number of H-pyrrole nitrogens is 1. The fourth-order valence-electron chi connectivity index (χ4n) is 1.54. The molecule has 0 aromatic carbocycles. The van der Waals surface area contributed by atoms with Crippen LogP contribution in [0.25, 0.3) is 0 Å². The average molecular weight is 282 g/mol. The number of aromatic nitrogens is 2. The predicted octanol–water partition coefficient (Wildman–Crippen LogP) is -1.33. The predicted molar refractivity (Wildman–Crippen MR) is 65.5 cm³/mol. The normalized spacial score (nSPS) is 13.2. The van der Waals surface area contributed by atoms with E-state index >= 15 is 0 Å². The van der Waals surface area contributed by atoms with Gasteiger partial charge in [0, 0.05) is 12.4 Å². The molecule has 0 radical (unpaired) electrons. The summed E-state index contributed by atoms with van der Waals surface area (Å²) in [5.41, 5.74) is 4.99. The lowest BCUT2D eigenvalue weighted by Crippen LogP contribution is -2.45. The number of aromatic amines is 1. The van der Waals surface area contributed by atoms with E-state index in [9.17, 15) is 19.2 Å². The van der Waals surface area contributed by atoms with E-state index in [1.807, 2.05) is 0 Å². The maximum atomic E-state index is 11.9. The van der Waals surface area contributed by atoms with Gasteiger partial charge in [-0.15, -0.1) is 0 Å². The molecule has 2 amide bonds. The molecule has 1 aromatic heterocycles. The molecule has 1 rings (SSSR count). The van der Waals surface area contributed by atoms with Crippen LogP contribution >= 0.6 is 0 Å². The van der Waals surface area contributed by atoms with Gasteiger partial charge in [0.1, 0.15) is 5.92 Å². The van der Waals surface area contributed by atoms with Crippen LogP contribution in [0.3, 0.4) is 0 Å². The minimum atomic E-state index is -1.49. The highest BCUT2D eigenvalue weighted by Crippen LogP contribution is 2.08. The molecule has 0 aliphatic carbocycles. The smallest absolute Gasteiger partial charge is 0.304 e. The molecule has 2 atom stereocenters. The summed E-state index contributed by atoms with van der Waals surface area (Å²) in [6.07, 6.45) is 2.07. The molecular formula is C11H14N4O5. The molecule has 0 saturated carbocycles. The van der Waals surface area contributed by atoms with Crippen LogP contribution in [0.2, 0.25) is 0 Å². The van der Waals surface area contributed by atoms with Gasteiger partial charge in [0.2, 0.25) is 5.91 Å². The summed E-state index contributed by atoms with van der Waals surface area (Å²) in [5, 5.41) is 10.9. The first-order valence-electron chi connectivity index (χ1n) is 5.68. The Morgan fingerprint density at radius 3 is 2.55 bits per heavy atom. The maximum absolute atomic E-state index is 11.9. The SMILES string of the molecule is C[C@H](NC(=O)c1ncc[nH]1)C(=O)[C@H](CC(=O)O)C(N)=O. The summed E-state index contributed by atoms with van der Waals surface area (Å²) in [4.78, 5) is 51.5. The van der Waals surface area contributed by atoms with Crippen molar-refractivity contribution in [1.82, 2.24) is 15.3 Å². The number of Topliss-reactive ketones (excluding diaryl/α,β-unsaturated/α-hetero) is 1. The third-order valence-electron chi connectivity index (χ3n) is 2.55. The number of nitrogens with one attached hydrogen (secondary N) is 2. The fourth-order valence-corrected chi connectivity index (χ4v) is 1.54. The summed E-state index contributed by atoms with van der Waals surface area (Å²) >= 11 is 0. The highest BCUT2D eigenvalue weighted by molar-refractivity contribution is 6.06. The van der Waals surface area contributed by atoms with E-state index < -0.39 is 41.9 Å². The van der Waals surface area contributed by atoms with Gasteiger partial charge in [-0.1, -0.05) is 0 Å². The zero-order chi connectivity index (χ0) is 15.3. The molecular weight excluding hydrogens is 268 g/mol. The van der Waals surface area contributed by atoms with Gasteiger partial charge in [-0.3, -0.25) is 19.2 Å². The second kappa shape index (κ2) is 6.45. The van der Waals surface area contributed by atoms with Crippen molar-refractivity contribution >= 4 is 23.6 Å². The lowest BCUT2D eigenvalue weighted by atomic mass is 9.95. The second-order valence-corrected chi connectivity index (χ2v) is 4.09. The van der Waals surface area contributed by atoms with E-state index in [4.69, 9.17) is 10.8 Å². The van der Waals surface area contributed by atoms with Crippen LogP contribution in [-0.2, 0) is 14.4 Å². The molecule has 0 fully saturated rings. The Morgan fingerprint density at radius 1 is 1.45 bits per heavy atom. The Hall–Kier alpha value is -2.71. The second-order valence-electron chi connectivity index (χ2n) is 4.09. The van der Waals surface area contributed by atoms with Crippen molar-refractivity contribution in [2.24, 2.45) is 11.7 Å². The standard InChI is InChI=1S/C11H14N4O5/c1-5(15-11(20)10-13-2-3-14-10)8(18)6(9(12)19)4-7(16)17/h2-3,5-6H,4H2,1H3,(H2,12,19)(H,13,14)(H,15,20)(H,16,17)/t5-,6-/m0/s1. The Labute approximate surface area is 113 Å². The van der Waals surface area contributed by atoms with Crippen molar-refractivity contribution in [3.8, 4) is 0 Å². The number of ketones is 1. The molecule has 0 unspecified atom stereocenters. The summed E-state index contributed by atoms with van der Waals surface area (Å²) in [5.74, 6) is -5.27. The van der Waals surface area contributed by atoms with E-state index in [0.717, 1.165) is 0 Å². The summed E-state index contributed by atoms with van der Waals surface area (Å²) < 4.78 is 0. The minimum Gasteiger partial charge on any atom is -0.481 e. The van der Waals surface area contributed by atoms with Crippen LogP contribution in [0.4, 0.5) is 0 Å². The average Bonchev–Trinajstić information content (AvgIpc) is 2.88. The van der Waals surface area contributed by atoms with Crippen LogP contribution in [0.15, 0.2) is 12.4 Å². The molecule has 1 aromatic rings. The van der Waals surface area contributed by atoms with Gasteiger partial charge in [0.25, 0.3) is 5.91 Å². The number of carboxylic acid groups (broad SMARTS) is 1. The zero-order valence-electron chi connectivity index (χ0n) is 10.6. The first-order valence-corrected chi connectivity index (χ1v) is 5.68. The molecule has 0 aliphatic heterocycles. The van der Waals surface area contributed by atoms with Gasteiger partial charge in [-0.2, -0.15) is 0 Å². The van der Waals surface area contributed by atoms with Crippen molar-refractivity contribution in [2.45, 2.75) is 19.4 Å². The first-order chi connectivity index (χ1) is 9.32. The maximum Gasteiger partial charge on any atom is 0.304 e. The lowest BCUT2D eigenvalue weighted by Gasteiger charge is -2.16. The van der Waals surface area contributed by atoms with Crippen molar-refractivity contribution in [1.29, 1.82) is 0 Å². The van der Waals surface area contributed by atoms with Gasteiger partial charge in [-0.25, -0.2) is 4.98 Å². The van der Waals surface area contributed by atoms with Crippen molar-refractivity contribution in [2.75, 3.05) is 0 Å². The van der Waals surface area contributed by atoms with E-state index in [0.29, 0.717) is 0 Å². The highest BCUT2D eigenvalue weighted by Gasteiger charge is 2.31. The third-order valence-corrected chi connectivity index (χ3v) is 2.55. The monoisotopic (exact) mass is 282 g/mol. The largest absolute Gasteiger partial charge is 0.481 e. The Bertz CT molecular complexity index is 525. The number of carbonyl (C=O) groups excluding carboxylic acids is 3. The number of primary amides is 1. The number of aliphatic carboxylic acids is 1. The van der Waals surface area contributed by atoms with Crippen LogP contribution < -0.4 is 11.1 Å². The Kier molecular flexibility index (Phi) is 4.95. The molecule has 0 saturated heterocycles. The van der Waals surface area contributed by atoms with E-state index in [1.165, 1.54) is 19.3 Å². The minimum absolute atomic E-state index is 0.00138. The number of rotatable bonds is 7. The molecule has 0 bridgehead atoms. The quantitative estimate of drug-likeness (QED) is 0.454. The van der Waals surface area contributed by atoms with Crippen LogP contribution in [-0.4, -0.2) is 44.7 Å². The van der Waals surface area contributed by atoms with Gasteiger partial charge in [0.05, 0.1) is 12.5 Å². The van der Waals surface area contributed by atoms with E-state index in [2.05, 4.69) is 15.3 Å². The number of amides is 2.